The third kappa shape index (κ3) is 3.84. The molecule has 0 aliphatic rings. The van der Waals surface area contributed by atoms with Crippen molar-refractivity contribution in [3.8, 4) is 5.75 Å². The molecule has 0 aliphatic carbocycles. The lowest BCUT2D eigenvalue weighted by Crippen LogP contribution is -2.13. The van der Waals surface area contributed by atoms with Crippen molar-refractivity contribution in [2.75, 3.05) is 6.54 Å². The van der Waals surface area contributed by atoms with Gasteiger partial charge >= 0.3 is 0 Å². The van der Waals surface area contributed by atoms with Crippen molar-refractivity contribution < 1.29 is 9.15 Å². The molecule has 0 saturated heterocycles. The molecule has 0 aromatic carbocycles. The van der Waals surface area contributed by atoms with Crippen LogP contribution < -0.4 is 10.1 Å². The van der Waals surface area contributed by atoms with Gasteiger partial charge in [-0.15, -0.1) is 0 Å². The maximum atomic E-state index is 5.74. The Morgan fingerprint density at radius 3 is 2.95 bits per heavy atom. The highest BCUT2D eigenvalue weighted by atomic mass is 16.5. The van der Waals surface area contributed by atoms with Crippen LogP contribution in [0.5, 0.6) is 5.75 Å². The summed E-state index contributed by atoms with van der Waals surface area (Å²) in [5.74, 6) is 2.60. The Labute approximate surface area is 120 Å². The summed E-state index contributed by atoms with van der Waals surface area (Å²) in [6.07, 6.45) is 2.89. The van der Waals surface area contributed by atoms with Gasteiger partial charge in [0.25, 0.3) is 0 Å². The normalized spacial score (nSPS) is 10.8. The van der Waals surface area contributed by atoms with E-state index < -0.39 is 0 Å². The van der Waals surface area contributed by atoms with Crippen molar-refractivity contribution in [2.45, 2.75) is 40.3 Å². The van der Waals surface area contributed by atoms with Gasteiger partial charge < -0.3 is 14.5 Å². The zero-order valence-corrected chi connectivity index (χ0v) is 12.4. The van der Waals surface area contributed by atoms with Gasteiger partial charge in [-0.1, -0.05) is 6.92 Å². The van der Waals surface area contributed by atoms with Gasteiger partial charge in [0, 0.05) is 18.3 Å². The molecule has 0 fully saturated rings. The third-order valence-electron chi connectivity index (χ3n) is 3.14. The van der Waals surface area contributed by atoms with Crippen LogP contribution in [-0.2, 0) is 13.2 Å². The molecular weight excluding hydrogens is 252 g/mol. The van der Waals surface area contributed by atoms with E-state index in [-0.39, 0.29) is 0 Å². The molecule has 0 unspecified atom stereocenters. The zero-order valence-electron chi connectivity index (χ0n) is 12.4. The fourth-order valence-corrected chi connectivity index (χ4v) is 2.01. The van der Waals surface area contributed by atoms with Gasteiger partial charge in [0.1, 0.15) is 23.9 Å². The Hall–Kier alpha value is -1.81. The summed E-state index contributed by atoms with van der Waals surface area (Å²) >= 11 is 0. The van der Waals surface area contributed by atoms with Crippen molar-refractivity contribution in [2.24, 2.45) is 0 Å². The van der Waals surface area contributed by atoms with E-state index in [1.54, 1.807) is 6.20 Å². The number of nitrogens with one attached hydrogen (secondary N) is 1. The van der Waals surface area contributed by atoms with E-state index in [1.165, 1.54) is 5.56 Å². The molecule has 2 heterocycles. The predicted molar refractivity (Wildman–Crippen MR) is 78.7 cm³/mol. The smallest absolute Gasteiger partial charge is 0.146 e. The van der Waals surface area contributed by atoms with Crippen LogP contribution >= 0.6 is 0 Å². The van der Waals surface area contributed by atoms with Gasteiger partial charge in [-0.25, -0.2) is 0 Å². The molecule has 0 atom stereocenters. The summed E-state index contributed by atoms with van der Waals surface area (Å²) in [5.41, 5.74) is 2.08. The van der Waals surface area contributed by atoms with Crippen molar-refractivity contribution >= 4 is 0 Å². The van der Waals surface area contributed by atoms with Crippen LogP contribution in [0.25, 0.3) is 0 Å². The van der Waals surface area contributed by atoms with Gasteiger partial charge in [-0.3, -0.25) is 4.98 Å². The zero-order chi connectivity index (χ0) is 14.4. The van der Waals surface area contributed by atoms with E-state index in [1.807, 2.05) is 26.0 Å². The quantitative estimate of drug-likeness (QED) is 0.786. The number of hydrogen-bond donors (Lipinski definition) is 1. The van der Waals surface area contributed by atoms with Gasteiger partial charge in [-0.05, 0) is 45.0 Å². The maximum absolute atomic E-state index is 5.74. The van der Waals surface area contributed by atoms with Crippen LogP contribution in [0, 0.1) is 13.8 Å². The van der Waals surface area contributed by atoms with Crippen LogP contribution in [0.15, 0.2) is 28.8 Å². The molecule has 2 aromatic rings. The van der Waals surface area contributed by atoms with Gasteiger partial charge in [0.15, 0.2) is 0 Å². The van der Waals surface area contributed by atoms with E-state index in [2.05, 4.69) is 23.3 Å². The largest absolute Gasteiger partial charge is 0.484 e. The Balaban J connectivity index is 1.93. The first-order chi connectivity index (χ1) is 9.70. The number of furan rings is 1. The highest BCUT2D eigenvalue weighted by molar-refractivity contribution is 5.26. The third-order valence-corrected chi connectivity index (χ3v) is 3.14. The number of pyridine rings is 1. The number of ether oxygens (including phenoxy) is 1. The number of nitrogens with zero attached hydrogens (tertiary/aromatic N) is 1. The molecule has 0 spiro atoms. The fourth-order valence-electron chi connectivity index (χ4n) is 2.01. The minimum Gasteiger partial charge on any atom is -0.484 e. The minimum atomic E-state index is 0.432. The molecule has 0 bridgehead atoms. The van der Waals surface area contributed by atoms with Crippen LogP contribution in [0.3, 0.4) is 0 Å². The first-order valence-electron chi connectivity index (χ1n) is 7.04. The first-order valence-corrected chi connectivity index (χ1v) is 7.04. The standard InChI is InChI=1S/C16H22N2O2/c1-4-7-17-10-14-9-15(20-13(14)3)11-19-16-6-5-8-18-12(16)2/h5-6,8-9,17H,4,7,10-11H2,1-3H3. The average molecular weight is 274 g/mol. The van der Waals surface area contributed by atoms with Crippen LogP contribution in [-0.4, -0.2) is 11.5 Å². The van der Waals surface area contributed by atoms with Crippen LogP contribution in [0.2, 0.25) is 0 Å². The molecule has 0 saturated carbocycles. The second-order valence-corrected chi connectivity index (χ2v) is 4.85. The lowest BCUT2D eigenvalue weighted by Gasteiger charge is -2.05. The summed E-state index contributed by atoms with van der Waals surface area (Å²) in [4.78, 5) is 4.20. The molecule has 2 aromatic heterocycles. The number of aromatic nitrogens is 1. The van der Waals surface area contributed by atoms with Crippen molar-refractivity contribution in [3.05, 3.63) is 47.2 Å². The number of hydrogen-bond acceptors (Lipinski definition) is 4. The highest BCUT2D eigenvalue weighted by Gasteiger charge is 2.08. The Bertz CT molecular complexity index is 549. The topological polar surface area (TPSA) is 47.3 Å². The number of rotatable bonds is 7. The lowest BCUT2D eigenvalue weighted by molar-refractivity contribution is 0.265. The Morgan fingerprint density at radius 1 is 1.35 bits per heavy atom. The molecule has 0 amide bonds. The van der Waals surface area contributed by atoms with Gasteiger partial charge in [0.05, 0.1) is 5.69 Å². The Kier molecular flexibility index (Phi) is 5.18. The van der Waals surface area contributed by atoms with Crippen LogP contribution in [0.1, 0.15) is 36.1 Å². The second kappa shape index (κ2) is 7.10. The van der Waals surface area contributed by atoms with Crippen molar-refractivity contribution in [1.29, 1.82) is 0 Å². The SMILES string of the molecule is CCCNCc1cc(COc2cccnc2C)oc1C. The summed E-state index contributed by atoms with van der Waals surface area (Å²) in [5, 5.41) is 3.38. The highest BCUT2D eigenvalue weighted by Crippen LogP contribution is 2.19. The molecule has 20 heavy (non-hydrogen) atoms. The molecule has 1 N–H and O–H groups in total. The lowest BCUT2D eigenvalue weighted by atomic mass is 10.2. The van der Waals surface area contributed by atoms with Crippen molar-refractivity contribution in [3.63, 3.8) is 0 Å². The van der Waals surface area contributed by atoms with Crippen LogP contribution in [0.4, 0.5) is 0 Å². The van der Waals surface area contributed by atoms with Gasteiger partial charge in [0.2, 0.25) is 0 Å². The molecule has 0 radical (unpaired) electrons. The summed E-state index contributed by atoms with van der Waals surface area (Å²) in [7, 11) is 0. The summed E-state index contributed by atoms with van der Waals surface area (Å²) in [6, 6.07) is 5.85. The number of aryl methyl sites for hydroxylation is 2. The van der Waals surface area contributed by atoms with E-state index in [9.17, 15) is 0 Å². The van der Waals surface area contributed by atoms with E-state index in [0.717, 1.165) is 42.5 Å². The van der Waals surface area contributed by atoms with E-state index in [4.69, 9.17) is 9.15 Å². The van der Waals surface area contributed by atoms with E-state index in [0.29, 0.717) is 6.61 Å². The summed E-state index contributed by atoms with van der Waals surface area (Å²) in [6.45, 7) is 8.37. The second-order valence-electron chi connectivity index (χ2n) is 4.85. The molecular formula is C16H22N2O2. The average Bonchev–Trinajstić information content (AvgIpc) is 2.79. The van der Waals surface area contributed by atoms with Crippen molar-refractivity contribution in [1.82, 2.24) is 10.3 Å². The summed E-state index contributed by atoms with van der Waals surface area (Å²) < 4.78 is 11.5. The Morgan fingerprint density at radius 2 is 2.20 bits per heavy atom. The monoisotopic (exact) mass is 274 g/mol. The van der Waals surface area contributed by atoms with E-state index >= 15 is 0 Å². The predicted octanol–water partition coefficient (Wildman–Crippen LogP) is 3.37. The molecule has 2 rings (SSSR count). The molecule has 108 valence electrons. The maximum Gasteiger partial charge on any atom is 0.146 e. The first kappa shape index (κ1) is 14.6. The van der Waals surface area contributed by atoms with Gasteiger partial charge in [-0.2, -0.15) is 0 Å². The minimum absolute atomic E-state index is 0.432. The molecule has 4 nitrogen and oxygen atoms in total. The fraction of sp³-hybridized carbons (Fsp3) is 0.438. The molecule has 4 heteroatoms. The molecule has 0 aliphatic heterocycles.